The highest BCUT2D eigenvalue weighted by atomic mass is 35.5. The van der Waals surface area contributed by atoms with Gasteiger partial charge in [0.15, 0.2) is 0 Å². The van der Waals surface area contributed by atoms with Crippen molar-refractivity contribution >= 4 is 35.0 Å². The van der Waals surface area contributed by atoms with Gasteiger partial charge in [0.25, 0.3) is 5.91 Å². The second-order valence-corrected chi connectivity index (χ2v) is 5.77. The number of benzene rings is 2. The molecule has 0 radical (unpaired) electrons. The number of carbonyl (C=O) groups excluding carboxylic acids is 3. The van der Waals surface area contributed by atoms with E-state index in [2.05, 4.69) is 10.6 Å². The van der Waals surface area contributed by atoms with Gasteiger partial charge in [0.1, 0.15) is 5.75 Å². The summed E-state index contributed by atoms with van der Waals surface area (Å²) in [5.41, 5.74) is 5.95. The third-order valence-corrected chi connectivity index (χ3v) is 3.49. The van der Waals surface area contributed by atoms with Gasteiger partial charge in [-0.2, -0.15) is 0 Å². The summed E-state index contributed by atoms with van der Waals surface area (Å²) in [6.45, 7) is 0.0127. The van der Waals surface area contributed by atoms with Gasteiger partial charge in [-0.3, -0.25) is 14.4 Å². The number of amides is 3. The van der Waals surface area contributed by atoms with Gasteiger partial charge in [-0.15, -0.1) is 0 Å². The van der Waals surface area contributed by atoms with Crippen LogP contribution >= 0.6 is 11.6 Å². The molecule has 0 atom stereocenters. The van der Waals surface area contributed by atoms with Crippen molar-refractivity contribution in [3.63, 3.8) is 0 Å². The van der Waals surface area contributed by atoms with Crippen molar-refractivity contribution in [1.29, 1.82) is 0 Å². The SMILES string of the molecule is NC(=O)CCOc1ccc(NC(=O)CNC(=O)c2cccc(Cl)c2)cc1. The van der Waals surface area contributed by atoms with Crippen LogP contribution < -0.4 is 21.1 Å². The van der Waals surface area contributed by atoms with Gasteiger partial charge in [-0.1, -0.05) is 17.7 Å². The third-order valence-electron chi connectivity index (χ3n) is 3.25. The lowest BCUT2D eigenvalue weighted by Gasteiger charge is -2.09. The highest BCUT2D eigenvalue weighted by Gasteiger charge is 2.09. The summed E-state index contributed by atoms with van der Waals surface area (Å²) < 4.78 is 5.33. The first-order valence-corrected chi connectivity index (χ1v) is 8.16. The molecule has 0 aromatic heterocycles. The largest absolute Gasteiger partial charge is 0.493 e. The Morgan fingerprint density at radius 3 is 2.46 bits per heavy atom. The van der Waals surface area contributed by atoms with Crippen molar-refractivity contribution in [2.24, 2.45) is 5.73 Å². The molecule has 0 fully saturated rings. The van der Waals surface area contributed by atoms with Crippen LogP contribution in [0.3, 0.4) is 0 Å². The number of carbonyl (C=O) groups is 3. The maximum atomic E-state index is 11.9. The molecule has 2 aromatic rings. The molecule has 8 heteroatoms. The highest BCUT2D eigenvalue weighted by molar-refractivity contribution is 6.31. The molecule has 2 rings (SSSR count). The lowest BCUT2D eigenvalue weighted by molar-refractivity contribution is -0.118. The molecule has 136 valence electrons. The molecule has 0 unspecified atom stereocenters. The number of ether oxygens (including phenoxy) is 1. The predicted molar refractivity (Wildman–Crippen MR) is 98.2 cm³/mol. The van der Waals surface area contributed by atoms with Gasteiger partial charge in [0, 0.05) is 16.3 Å². The summed E-state index contributed by atoms with van der Waals surface area (Å²) in [4.78, 5) is 34.5. The lowest BCUT2D eigenvalue weighted by atomic mass is 10.2. The van der Waals surface area contributed by atoms with Gasteiger partial charge < -0.3 is 21.1 Å². The molecular formula is C18H18ClN3O4. The Hall–Kier alpha value is -3.06. The number of rotatable bonds is 8. The summed E-state index contributed by atoms with van der Waals surface area (Å²) in [5.74, 6) is -0.643. The van der Waals surface area contributed by atoms with Crippen LogP contribution in [0.2, 0.25) is 5.02 Å². The normalized spacial score (nSPS) is 10.0. The first-order valence-electron chi connectivity index (χ1n) is 7.79. The topological polar surface area (TPSA) is 111 Å². The van der Waals surface area contributed by atoms with Crippen LogP contribution in [0.1, 0.15) is 16.8 Å². The number of primary amides is 1. The van der Waals surface area contributed by atoms with E-state index in [-0.39, 0.29) is 31.4 Å². The summed E-state index contributed by atoms with van der Waals surface area (Å²) in [6.07, 6.45) is 0.130. The van der Waals surface area contributed by atoms with Crippen molar-refractivity contribution in [1.82, 2.24) is 5.32 Å². The second kappa shape index (κ2) is 9.43. The second-order valence-electron chi connectivity index (χ2n) is 5.33. The molecule has 0 heterocycles. The number of nitrogens with two attached hydrogens (primary N) is 1. The molecule has 4 N–H and O–H groups in total. The first kappa shape index (κ1) is 19.3. The average molecular weight is 376 g/mol. The molecule has 2 aromatic carbocycles. The quantitative estimate of drug-likeness (QED) is 0.655. The first-order chi connectivity index (χ1) is 12.4. The zero-order valence-corrected chi connectivity index (χ0v) is 14.6. The Morgan fingerprint density at radius 2 is 1.81 bits per heavy atom. The molecule has 0 bridgehead atoms. The Kier molecular flexibility index (Phi) is 6.99. The van der Waals surface area contributed by atoms with E-state index in [0.29, 0.717) is 22.0 Å². The minimum atomic E-state index is -0.436. The Bertz CT molecular complexity index is 793. The molecule has 3 amide bonds. The van der Waals surface area contributed by atoms with Crippen LogP contribution in [0.4, 0.5) is 5.69 Å². The van der Waals surface area contributed by atoms with Gasteiger partial charge in [0.05, 0.1) is 19.6 Å². The van der Waals surface area contributed by atoms with E-state index in [1.54, 1.807) is 42.5 Å². The van der Waals surface area contributed by atoms with Gasteiger partial charge in [0.2, 0.25) is 11.8 Å². The number of anilines is 1. The van der Waals surface area contributed by atoms with E-state index in [1.807, 2.05) is 0 Å². The van der Waals surface area contributed by atoms with Crippen LogP contribution in [0.15, 0.2) is 48.5 Å². The van der Waals surface area contributed by atoms with E-state index < -0.39 is 5.91 Å². The summed E-state index contributed by atoms with van der Waals surface area (Å²) in [7, 11) is 0. The molecular weight excluding hydrogens is 358 g/mol. The van der Waals surface area contributed by atoms with Crippen molar-refractivity contribution in [2.45, 2.75) is 6.42 Å². The molecule has 26 heavy (non-hydrogen) atoms. The van der Waals surface area contributed by atoms with Crippen LogP contribution in [-0.2, 0) is 9.59 Å². The van der Waals surface area contributed by atoms with Crippen molar-refractivity contribution in [3.8, 4) is 5.75 Å². The van der Waals surface area contributed by atoms with E-state index in [1.165, 1.54) is 6.07 Å². The zero-order valence-electron chi connectivity index (χ0n) is 13.8. The molecule has 0 aliphatic rings. The summed E-state index contributed by atoms with van der Waals surface area (Å²) in [5, 5.41) is 5.61. The molecule has 0 spiro atoms. The van der Waals surface area contributed by atoms with Crippen LogP contribution in [-0.4, -0.2) is 30.9 Å². The Morgan fingerprint density at radius 1 is 1.08 bits per heavy atom. The number of hydrogen-bond donors (Lipinski definition) is 3. The Balaban J connectivity index is 1.78. The van der Waals surface area contributed by atoms with Crippen LogP contribution in [0.25, 0.3) is 0 Å². The van der Waals surface area contributed by atoms with Crippen LogP contribution in [0.5, 0.6) is 5.75 Å². The maximum absolute atomic E-state index is 11.9. The number of nitrogens with one attached hydrogen (secondary N) is 2. The number of hydrogen-bond acceptors (Lipinski definition) is 4. The monoisotopic (exact) mass is 375 g/mol. The lowest BCUT2D eigenvalue weighted by Crippen LogP contribution is -2.32. The van der Waals surface area contributed by atoms with E-state index >= 15 is 0 Å². The highest BCUT2D eigenvalue weighted by Crippen LogP contribution is 2.15. The van der Waals surface area contributed by atoms with Crippen molar-refractivity contribution < 1.29 is 19.1 Å². The average Bonchev–Trinajstić information content (AvgIpc) is 2.61. The van der Waals surface area contributed by atoms with Gasteiger partial charge >= 0.3 is 0 Å². The molecule has 0 aliphatic carbocycles. The minimum absolute atomic E-state index is 0.130. The Labute approximate surface area is 155 Å². The van der Waals surface area contributed by atoms with Gasteiger partial charge in [-0.25, -0.2) is 0 Å². The fourth-order valence-electron chi connectivity index (χ4n) is 2.00. The summed E-state index contributed by atoms with van der Waals surface area (Å²) in [6, 6.07) is 13.0. The maximum Gasteiger partial charge on any atom is 0.251 e. The zero-order chi connectivity index (χ0) is 18.9. The summed E-state index contributed by atoms with van der Waals surface area (Å²) >= 11 is 5.83. The van der Waals surface area contributed by atoms with Crippen molar-refractivity contribution in [3.05, 3.63) is 59.1 Å². The fourth-order valence-corrected chi connectivity index (χ4v) is 2.19. The van der Waals surface area contributed by atoms with E-state index in [4.69, 9.17) is 22.1 Å². The van der Waals surface area contributed by atoms with Crippen molar-refractivity contribution in [2.75, 3.05) is 18.5 Å². The smallest absolute Gasteiger partial charge is 0.251 e. The standard InChI is InChI=1S/C18H18ClN3O4/c19-13-3-1-2-12(10-13)18(25)21-11-17(24)22-14-4-6-15(7-5-14)26-9-8-16(20)23/h1-7,10H,8-9,11H2,(H2,20,23)(H,21,25)(H,22,24). The number of halogens is 1. The predicted octanol–water partition coefficient (Wildman–Crippen LogP) is 1.96. The van der Waals surface area contributed by atoms with E-state index in [0.717, 1.165) is 0 Å². The minimum Gasteiger partial charge on any atom is -0.493 e. The molecule has 0 saturated heterocycles. The molecule has 0 saturated carbocycles. The fraction of sp³-hybridized carbons (Fsp3) is 0.167. The third kappa shape index (κ3) is 6.45. The van der Waals surface area contributed by atoms with Crippen LogP contribution in [0, 0.1) is 0 Å². The molecule has 7 nitrogen and oxygen atoms in total. The van der Waals surface area contributed by atoms with Gasteiger partial charge in [-0.05, 0) is 42.5 Å². The molecule has 0 aliphatic heterocycles. The van der Waals surface area contributed by atoms with E-state index in [9.17, 15) is 14.4 Å².